The Morgan fingerprint density at radius 2 is 1.84 bits per heavy atom. The fourth-order valence-corrected chi connectivity index (χ4v) is 4.87. The fourth-order valence-electron chi connectivity index (χ4n) is 3.22. The highest BCUT2D eigenvalue weighted by atomic mass is 32.2. The molecule has 0 aliphatic heterocycles. The number of nitrogens with zero attached hydrogens (tertiary/aromatic N) is 1. The number of sulfonamides is 1. The molecule has 0 saturated heterocycles. The number of carbonyl (C=O) groups is 1. The number of hydrogen-bond acceptors (Lipinski definition) is 4. The van der Waals surface area contributed by atoms with Gasteiger partial charge in [0, 0.05) is 22.9 Å². The zero-order valence-corrected chi connectivity index (χ0v) is 14.2. The van der Waals surface area contributed by atoms with Gasteiger partial charge >= 0.3 is 5.97 Å². The Bertz CT molecular complexity index is 1070. The summed E-state index contributed by atoms with van der Waals surface area (Å²) in [6.07, 6.45) is 2.30. The minimum absolute atomic E-state index is 0.0622. The number of benzene rings is 2. The molecule has 0 unspecified atom stereocenters. The molecule has 130 valence electrons. The van der Waals surface area contributed by atoms with E-state index in [1.165, 1.54) is 12.1 Å². The van der Waals surface area contributed by atoms with Crippen molar-refractivity contribution in [2.75, 3.05) is 6.54 Å². The van der Waals surface area contributed by atoms with E-state index in [4.69, 9.17) is 9.52 Å². The first-order chi connectivity index (χ1) is 12.0. The third-order valence-corrected chi connectivity index (χ3v) is 6.62. The summed E-state index contributed by atoms with van der Waals surface area (Å²) in [6.45, 7) is -0.523. The molecule has 0 amide bonds. The molecule has 2 aromatic carbocycles. The Balaban J connectivity index is 1.80. The molecule has 1 N–H and O–H groups in total. The maximum Gasteiger partial charge on any atom is 0.318 e. The standard InChI is InChI=1S/C18H17NO5S/c20-18(21)11-19(12-4-3-5-12)25(22,23)13-8-9-15-14-6-1-2-7-16(14)24-17(15)10-13/h1-2,6-10,12H,3-5,11H2,(H,20,21). The van der Waals surface area contributed by atoms with Crippen LogP contribution in [-0.4, -0.2) is 36.4 Å². The van der Waals surface area contributed by atoms with E-state index < -0.39 is 22.5 Å². The molecule has 4 rings (SSSR count). The fraction of sp³-hybridized carbons (Fsp3) is 0.278. The molecular weight excluding hydrogens is 342 g/mol. The van der Waals surface area contributed by atoms with E-state index in [-0.39, 0.29) is 10.9 Å². The average molecular weight is 359 g/mol. The lowest BCUT2D eigenvalue weighted by Crippen LogP contribution is -2.46. The molecule has 0 radical (unpaired) electrons. The van der Waals surface area contributed by atoms with Crippen LogP contribution >= 0.6 is 0 Å². The Kier molecular flexibility index (Phi) is 3.77. The second kappa shape index (κ2) is 5.86. The molecule has 1 aliphatic carbocycles. The zero-order valence-electron chi connectivity index (χ0n) is 13.4. The first-order valence-corrected chi connectivity index (χ1v) is 9.56. The Labute approximate surface area is 144 Å². The minimum Gasteiger partial charge on any atom is -0.480 e. The van der Waals surface area contributed by atoms with E-state index in [1.807, 2.05) is 24.3 Å². The van der Waals surface area contributed by atoms with E-state index in [1.54, 1.807) is 6.07 Å². The summed E-state index contributed by atoms with van der Waals surface area (Å²) < 4.78 is 32.8. The predicted octanol–water partition coefficient (Wildman–Crippen LogP) is 3.21. The summed E-state index contributed by atoms with van der Waals surface area (Å²) in [5, 5.41) is 10.9. The summed E-state index contributed by atoms with van der Waals surface area (Å²) in [5.41, 5.74) is 1.17. The number of aliphatic carboxylic acids is 1. The van der Waals surface area contributed by atoms with Crippen molar-refractivity contribution in [3.05, 3.63) is 42.5 Å². The highest BCUT2D eigenvalue weighted by Crippen LogP contribution is 2.33. The topological polar surface area (TPSA) is 87.8 Å². The summed E-state index contributed by atoms with van der Waals surface area (Å²) in [4.78, 5) is 11.2. The van der Waals surface area contributed by atoms with Crippen LogP contribution in [0, 0.1) is 0 Å². The van der Waals surface area contributed by atoms with Gasteiger partial charge < -0.3 is 9.52 Å². The summed E-state index contributed by atoms with van der Waals surface area (Å²) in [6, 6.07) is 12.0. The van der Waals surface area contributed by atoms with Gasteiger partial charge in [0.2, 0.25) is 10.0 Å². The van der Waals surface area contributed by atoms with Gasteiger partial charge in [-0.1, -0.05) is 24.6 Å². The molecule has 0 bridgehead atoms. The quantitative estimate of drug-likeness (QED) is 0.756. The van der Waals surface area contributed by atoms with Crippen LogP contribution in [0.15, 0.2) is 51.8 Å². The van der Waals surface area contributed by atoms with Gasteiger partial charge in [-0.2, -0.15) is 4.31 Å². The second-order valence-corrected chi connectivity index (χ2v) is 8.18. The van der Waals surface area contributed by atoms with Gasteiger partial charge in [0.05, 0.1) is 4.90 Å². The molecule has 1 heterocycles. The molecule has 25 heavy (non-hydrogen) atoms. The number of para-hydroxylation sites is 1. The maximum atomic E-state index is 13.0. The van der Waals surface area contributed by atoms with Crippen molar-refractivity contribution in [2.45, 2.75) is 30.2 Å². The van der Waals surface area contributed by atoms with E-state index >= 15 is 0 Å². The third-order valence-electron chi connectivity index (χ3n) is 4.73. The van der Waals surface area contributed by atoms with Crippen LogP contribution in [-0.2, 0) is 14.8 Å². The SMILES string of the molecule is O=C(O)CN(C1CCC1)S(=O)(=O)c1ccc2c(c1)oc1ccccc12. The van der Waals surface area contributed by atoms with Gasteiger partial charge in [0.25, 0.3) is 0 Å². The highest BCUT2D eigenvalue weighted by Gasteiger charge is 2.36. The zero-order chi connectivity index (χ0) is 17.6. The van der Waals surface area contributed by atoms with Crippen LogP contribution in [0.5, 0.6) is 0 Å². The maximum absolute atomic E-state index is 13.0. The number of rotatable bonds is 5. The van der Waals surface area contributed by atoms with Crippen molar-refractivity contribution < 1.29 is 22.7 Å². The molecule has 1 aromatic heterocycles. The highest BCUT2D eigenvalue weighted by molar-refractivity contribution is 7.89. The van der Waals surface area contributed by atoms with Gasteiger partial charge in [-0.05, 0) is 31.0 Å². The monoisotopic (exact) mass is 359 g/mol. The van der Waals surface area contributed by atoms with Gasteiger partial charge in [0.1, 0.15) is 17.7 Å². The molecule has 3 aromatic rings. The van der Waals surface area contributed by atoms with E-state index in [0.29, 0.717) is 24.0 Å². The molecule has 1 saturated carbocycles. The van der Waals surface area contributed by atoms with Crippen LogP contribution in [0.25, 0.3) is 21.9 Å². The van der Waals surface area contributed by atoms with Crippen molar-refractivity contribution in [3.63, 3.8) is 0 Å². The second-order valence-electron chi connectivity index (χ2n) is 6.28. The lowest BCUT2D eigenvalue weighted by molar-refractivity contribution is -0.137. The Hall–Kier alpha value is -2.38. The van der Waals surface area contributed by atoms with Crippen molar-refractivity contribution in [2.24, 2.45) is 0 Å². The Morgan fingerprint density at radius 3 is 2.52 bits per heavy atom. The smallest absolute Gasteiger partial charge is 0.318 e. The predicted molar refractivity (Wildman–Crippen MR) is 92.9 cm³/mol. The first-order valence-electron chi connectivity index (χ1n) is 8.12. The van der Waals surface area contributed by atoms with Crippen LogP contribution < -0.4 is 0 Å². The molecule has 1 aliphatic rings. The number of hydrogen-bond donors (Lipinski definition) is 1. The molecule has 7 heteroatoms. The summed E-state index contributed by atoms with van der Waals surface area (Å²) in [5.74, 6) is -1.15. The third kappa shape index (κ3) is 2.69. The number of fused-ring (bicyclic) bond motifs is 3. The van der Waals surface area contributed by atoms with Crippen LogP contribution in [0.3, 0.4) is 0 Å². The van der Waals surface area contributed by atoms with Crippen molar-refractivity contribution in [3.8, 4) is 0 Å². The largest absolute Gasteiger partial charge is 0.480 e. The number of carboxylic acid groups (broad SMARTS) is 1. The van der Waals surface area contributed by atoms with Crippen LogP contribution in [0.1, 0.15) is 19.3 Å². The van der Waals surface area contributed by atoms with E-state index in [9.17, 15) is 13.2 Å². The minimum atomic E-state index is -3.89. The summed E-state index contributed by atoms with van der Waals surface area (Å²) in [7, 11) is -3.89. The summed E-state index contributed by atoms with van der Waals surface area (Å²) >= 11 is 0. The number of furan rings is 1. The molecule has 0 atom stereocenters. The van der Waals surface area contributed by atoms with Gasteiger partial charge in [-0.3, -0.25) is 4.79 Å². The van der Waals surface area contributed by atoms with Crippen LogP contribution in [0.4, 0.5) is 0 Å². The number of carboxylic acids is 1. The van der Waals surface area contributed by atoms with E-state index in [0.717, 1.165) is 21.5 Å². The lowest BCUT2D eigenvalue weighted by atomic mass is 9.93. The van der Waals surface area contributed by atoms with Gasteiger partial charge in [-0.25, -0.2) is 8.42 Å². The van der Waals surface area contributed by atoms with E-state index in [2.05, 4.69) is 0 Å². The van der Waals surface area contributed by atoms with Crippen LogP contribution in [0.2, 0.25) is 0 Å². The normalized spacial score (nSPS) is 15.7. The molecule has 1 fully saturated rings. The average Bonchev–Trinajstić information content (AvgIpc) is 2.90. The van der Waals surface area contributed by atoms with Gasteiger partial charge in [0.15, 0.2) is 0 Å². The molecule has 0 spiro atoms. The molecule has 6 nitrogen and oxygen atoms in total. The first kappa shape index (κ1) is 16.1. The van der Waals surface area contributed by atoms with Crippen molar-refractivity contribution in [1.82, 2.24) is 4.31 Å². The lowest BCUT2D eigenvalue weighted by Gasteiger charge is -2.35. The van der Waals surface area contributed by atoms with Crippen molar-refractivity contribution >= 4 is 37.9 Å². The van der Waals surface area contributed by atoms with Gasteiger partial charge in [-0.15, -0.1) is 0 Å². The molecular formula is C18H17NO5S. The van der Waals surface area contributed by atoms with Crippen molar-refractivity contribution in [1.29, 1.82) is 0 Å². The Morgan fingerprint density at radius 1 is 1.12 bits per heavy atom.